The molecular formula is C14H15Cl2N3O2. The molecule has 2 aromatic rings. The van der Waals surface area contributed by atoms with Crippen molar-refractivity contribution in [2.75, 3.05) is 13.2 Å². The second-order valence-electron chi connectivity index (χ2n) is 5.01. The first kappa shape index (κ1) is 14.6. The van der Waals surface area contributed by atoms with E-state index in [9.17, 15) is 4.79 Å². The molecule has 112 valence electrons. The zero-order valence-electron chi connectivity index (χ0n) is 11.3. The van der Waals surface area contributed by atoms with Crippen LogP contribution in [-0.4, -0.2) is 34.5 Å². The highest BCUT2D eigenvalue weighted by molar-refractivity contribution is 6.36. The molecule has 1 amide bonds. The van der Waals surface area contributed by atoms with Crippen LogP contribution in [0.15, 0.2) is 18.5 Å². The maximum atomic E-state index is 11.8. The first-order chi connectivity index (χ1) is 10.1. The SMILES string of the molecule is O=C(NCCc1cn2cc(Cl)cc(Cl)c2n1)C1CCCO1. The lowest BCUT2D eigenvalue weighted by Gasteiger charge is -2.09. The molecule has 2 aromatic heterocycles. The van der Waals surface area contributed by atoms with Crippen LogP contribution in [0.2, 0.25) is 10.0 Å². The van der Waals surface area contributed by atoms with Crippen LogP contribution in [0.5, 0.6) is 0 Å². The van der Waals surface area contributed by atoms with E-state index in [0.717, 1.165) is 18.5 Å². The number of imidazole rings is 1. The predicted molar refractivity (Wildman–Crippen MR) is 80.9 cm³/mol. The van der Waals surface area contributed by atoms with E-state index in [4.69, 9.17) is 27.9 Å². The maximum Gasteiger partial charge on any atom is 0.249 e. The molecule has 21 heavy (non-hydrogen) atoms. The summed E-state index contributed by atoms with van der Waals surface area (Å²) < 4.78 is 7.12. The molecule has 0 spiro atoms. The summed E-state index contributed by atoms with van der Waals surface area (Å²) in [7, 11) is 0. The molecule has 0 aliphatic carbocycles. The third-order valence-corrected chi connectivity index (χ3v) is 3.91. The fraction of sp³-hybridized carbons (Fsp3) is 0.429. The number of halogens is 2. The van der Waals surface area contributed by atoms with Crippen molar-refractivity contribution in [3.63, 3.8) is 0 Å². The molecule has 3 heterocycles. The van der Waals surface area contributed by atoms with Crippen molar-refractivity contribution < 1.29 is 9.53 Å². The summed E-state index contributed by atoms with van der Waals surface area (Å²) in [6.07, 6.45) is 5.71. The van der Waals surface area contributed by atoms with Crippen molar-refractivity contribution in [1.82, 2.24) is 14.7 Å². The van der Waals surface area contributed by atoms with E-state index in [1.165, 1.54) is 0 Å². The lowest BCUT2D eigenvalue weighted by atomic mass is 10.2. The number of aromatic nitrogens is 2. The van der Waals surface area contributed by atoms with Gasteiger partial charge in [-0.3, -0.25) is 4.79 Å². The van der Waals surface area contributed by atoms with Gasteiger partial charge in [-0.2, -0.15) is 0 Å². The fourth-order valence-electron chi connectivity index (χ4n) is 2.41. The number of rotatable bonds is 4. The molecule has 5 nitrogen and oxygen atoms in total. The van der Waals surface area contributed by atoms with E-state index in [1.54, 1.807) is 16.7 Å². The van der Waals surface area contributed by atoms with E-state index in [-0.39, 0.29) is 12.0 Å². The Balaban J connectivity index is 1.60. The number of nitrogens with zero attached hydrogens (tertiary/aromatic N) is 2. The van der Waals surface area contributed by atoms with Gasteiger partial charge in [0.25, 0.3) is 0 Å². The first-order valence-electron chi connectivity index (χ1n) is 6.85. The quantitative estimate of drug-likeness (QED) is 0.938. The van der Waals surface area contributed by atoms with E-state index in [0.29, 0.717) is 35.3 Å². The normalized spacial score (nSPS) is 18.3. The monoisotopic (exact) mass is 327 g/mol. The largest absolute Gasteiger partial charge is 0.368 e. The van der Waals surface area contributed by atoms with E-state index >= 15 is 0 Å². The molecule has 1 aliphatic rings. The molecule has 1 N–H and O–H groups in total. The van der Waals surface area contributed by atoms with Gasteiger partial charge in [0.2, 0.25) is 5.91 Å². The van der Waals surface area contributed by atoms with Crippen LogP contribution < -0.4 is 5.32 Å². The van der Waals surface area contributed by atoms with E-state index in [1.807, 2.05) is 6.20 Å². The van der Waals surface area contributed by atoms with Crippen molar-refractivity contribution >= 4 is 34.8 Å². The minimum atomic E-state index is -0.292. The van der Waals surface area contributed by atoms with Crippen molar-refractivity contribution in [3.05, 3.63) is 34.2 Å². The number of fused-ring (bicyclic) bond motifs is 1. The first-order valence-corrected chi connectivity index (χ1v) is 7.61. The van der Waals surface area contributed by atoms with Crippen molar-refractivity contribution in [2.24, 2.45) is 0 Å². The van der Waals surface area contributed by atoms with Crippen molar-refractivity contribution in [1.29, 1.82) is 0 Å². The van der Waals surface area contributed by atoms with Gasteiger partial charge in [-0.05, 0) is 18.9 Å². The predicted octanol–water partition coefficient (Wildman–Crippen LogP) is 2.48. The van der Waals surface area contributed by atoms with Crippen LogP contribution in [-0.2, 0) is 16.0 Å². The van der Waals surface area contributed by atoms with Crippen molar-refractivity contribution in [2.45, 2.75) is 25.4 Å². The van der Waals surface area contributed by atoms with E-state index < -0.39 is 0 Å². The molecular weight excluding hydrogens is 313 g/mol. The molecule has 1 saturated heterocycles. The number of hydrogen-bond donors (Lipinski definition) is 1. The minimum Gasteiger partial charge on any atom is -0.368 e. The number of nitrogens with one attached hydrogen (secondary N) is 1. The van der Waals surface area contributed by atoms with Crippen LogP contribution in [0.1, 0.15) is 18.5 Å². The Bertz CT molecular complexity index is 666. The third-order valence-electron chi connectivity index (χ3n) is 3.43. The topological polar surface area (TPSA) is 55.6 Å². The molecule has 1 unspecified atom stereocenters. The van der Waals surface area contributed by atoms with Crippen LogP contribution >= 0.6 is 23.2 Å². The lowest BCUT2D eigenvalue weighted by molar-refractivity contribution is -0.129. The lowest BCUT2D eigenvalue weighted by Crippen LogP contribution is -2.35. The average molecular weight is 328 g/mol. The molecule has 0 radical (unpaired) electrons. The Labute approximate surface area is 132 Å². The summed E-state index contributed by atoms with van der Waals surface area (Å²) in [5.41, 5.74) is 1.52. The highest BCUT2D eigenvalue weighted by Gasteiger charge is 2.22. The molecule has 1 atom stereocenters. The summed E-state index contributed by atoms with van der Waals surface area (Å²) >= 11 is 12.0. The zero-order valence-corrected chi connectivity index (χ0v) is 12.8. The highest BCUT2D eigenvalue weighted by Crippen LogP contribution is 2.21. The molecule has 0 saturated carbocycles. The number of pyridine rings is 1. The summed E-state index contributed by atoms with van der Waals surface area (Å²) in [6.45, 7) is 1.19. The van der Waals surface area contributed by atoms with Crippen LogP contribution in [0.25, 0.3) is 5.65 Å². The number of ether oxygens (including phenoxy) is 1. The van der Waals surface area contributed by atoms with Gasteiger partial charge in [-0.15, -0.1) is 0 Å². The number of hydrogen-bond acceptors (Lipinski definition) is 3. The molecule has 1 aliphatic heterocycles. The Morgan fingerprint density at radius 2 is 2.33 bits per heavy atom. The number of carbonyl (C=O) groups excluding carboxylic acids is 1. The molecule has 0 aromatic carbocycles. The second-order valence-corrected chi connectivity index (χ2v) is 5.86. The number of carbonyl (C=O) groups is 1. The molecule has 0 bridgehead atoms. The summed E-state index contributed by atoms with van der Waals surface area (Å²) in [4.78, 5) is 16.2. The Hall–Kier alpha value is -1.30. The van der Waals surface area contributed by atoms with Gasteiger partial charge >= 0.3 is 0 Å². The van der Waals surface area contributed by atoms with Gasteiger partial charge in [-0.1, -0.05) is 23.2 Å². The van der Waals surface area contributed by atoms with Gasteiger partial charge in [-0.25, -0.2) is 4.98 Å². The second kappa shape index (κ2) is 6.22. The van der Waals surface area contributed by atoms with Crippen LogP contribution in [0, 0.1) is 0 Å². The smallest absolute Gasteiger partial charge is 0.249 e. The van der Waals surface area contributed by atoms with E-state index in [2.05, 4.69) is 10.3 Å². The van der Waals surface area contributed by atoms with Gasteiger partial charge in [0.05, 0.1) is 15.7 Å². The van der Waals surface area contributed by atoms with Crippen molar-refractivity contribution in [3.8, 4) is 0 Å². The Morgan fingerprint density at radius 3 is 3.10 bits per heavy atom. The average Bonchev–Trinajstić information content (AvgIpc) is 3.07. The Morgan fingerprint density at radius 1 is 1.48 bits per heavy atom. The standard InChI is InChI=1S/C14H15Cl2N3O2/c15-9-6-11(16)13-18-10(8-19(13)7-9)3-4-17-14(20)12-2-1-5-21-12/h6-8,12H,1-5H2,(H,17,20). The van der Waals surface area contributed by atoms with Gasteiger partial charge < -0.3 is 14.5 Å². The fourth-order valence-corrected chi connectivity index (χ4v) is 2.94. The van der Waals surface area contributed by atoms with Crippen LogP contribution in [0.4, 0.5) is 0 Å². The summed E-state index contributed by atoms with van der Waals surface area (Å²) in [5.74, 6) is -0.0441. The van der Waals surface area contributed by atoms with Gasteiger partial charge in [0, 0.05) is 32.0 Å². The van der Waals surface area contributed by atoms with Crippen LogP contribution in [0.3, 0.4) is 0 Å². The molecule has 1 fully saturated rings. The maximum absolute atomic E-state index is 11.8. The third kappa shape index (κ3) is 3.31. The Kier molecular flexibility index (Phi) is 4.33. The summed E-state index contributed by atoms with van der Waals surface area (Å²) in [5, 5.41) is 3.94. The molecule has 3 rings (SSSR count). The van der Waals surface area contributed by atoms with Gasteiger partial charge in [0.1, 0.15) is 6.10 Å². The number of amides is 1. The van der Waals surface area contributed by atoms with Gasteiger partial charge in [0.15, 0.2) is 5.65 Å². The summed E-state index contributed by atoms with van der Waals surface area (Å²) in [6, 6.07) is 1.66. The highest BCUT2D eigenvalue weighted by atomic mass is 35.5. The zero-order chi connectivity index (χ0) is 14.8. The molecule has 7 heteroatoms. The minimum absolute atomic E-state index is 0.0441.